The molecular formula is C8H9N3O2. The first-order chi connectivity index (χ1) is 6.20. The van der Waals surface area contributed by atoms with Crippen LogP contribution in [0.1, 0.15) is 5.56 Å². The first-order valence-electron chi connectivity index (χ1n) is 3.86. The highest BCUT2D eigenvalue weighted by atomic mass is 16.4. The van der Waals surface area contributed by atoms with E-state index in [-0.39, 0.29) is 0 Å². The van der Waals surface area contributed by atoms with Gasteiger partial charge in [-0.25, -0.2) is 4.79 Å². The van der Waals surface area contributed by atoms with Gasteiger partial charge in [0.2, 0.25) is 6.17 Å². The van der Waals surface area contributed by atoms with Crippen LogP contribution in [0.4, 0.5) is 5.82 Å². The van der Waals surface area contributed by atoms with Crippen molar-refractivity contribution in [3.63, 3.8) is 0 Å². The van der Waals surface area contributed by atoms with Crippen molar-refractivity contribution in [2.45, 2.75) is 6.17 Å². The first-order valence-corrected chi connectivity index (χ1v) is 3.86. The normalized spacial score (nSPS) is 20.1. The number of carbonyl (C=O) groups is 1. The summed E-state index contributed by atoms with van der Waals surface area (Å²) in [5.41, 5.74) is 0.917. The molecule has 2 heterocycles. The van der Waals surface area contributed by atoms with Crippen molar-refractivity contribution in [2.24, 2.45) is 4.99 Å². The van der Waals surface area contributed by atoms with Crippen LogP contribution in [0.3, 0.4) is 0 Å². The molecule has 5 nitrogen and oxygen atoms in total. The van der Waals surface area contributed by atoms with Crippen LogP contribution in [0.2, 0.25) is 0 Å². The predicted molar refractivity (Wildman–Crippen MR) is 48.2 cm³/mol. The number of hydrogen-bond donors (Lipinski definition) is 2. The van der Waals surface area contributed by atoms with Gasteiger partial charge in [-0.15, -0.1) is 0 Å². The number of nitrogens with zero attached hydrogens (tertiary/aromatic N) is 2. The number of fused-ring (bicyclic) bond motifs is 1. The van der Waals surface area contributed by atoms with Crippen LogP contribution in [0, 0.1) is 0 Å². The smallest absolute Gasteiger partial charge is 0.349 e. The van der Waals surface area contributed by atoms with E-state index >= 15 is 0 Å². The Balaban J connectivity index is 2.41. The summed E-state index contributed by atoms with van der Waals surface area (Å²) >= 11 is 0. The minimum Gasteiger partial charge on any atom is -0.478 e. The summed E-state index contributed by atoms with van der Waals surface area (Å²) in [6.45, 7) is 0. The average molecular weight is 179 g/mol. The highest BCUT2D eigenvalue weighted by Gasteiger charge is 2.26. The van der Waals surface area contributed by atoms with Crippen molar-refractivity contribution in [1.29, 1.82) is 0 Å². The Hall–Kier alpha value is -1.78. The van der Waals surface area contributed by atoms with Crippen LogP contribution in [-0.2, 0) is 4.79 Å². The van der Waals surface area contributed by atoms with Crippen molar-refractivity contribution in [2.75, 3.05) is 11.9 Å². The second-order valence-corrected chi connectivity index (χ2v) is 2.88. The molecule has 0 amide bonds. The molecule has 0 fully saturated rings. The molecule has 0 spiro atoms. The van der Waals surface area contributed by atoms with Gasteiger partial charge in [-0.1, -0.05) is 0 Å². The molecule has 5 heteroatoms. The fourth-order valence-electron chi connectivity index (χ4n) is 1.38. The van der Waals surface area contributed by atoms with Crippen LogP contribution in [-0.4, -0.2) is 35.5 Å². The summed E-state index contributed by atoms with van der Waals surface area (Å²) in [7, 11) is 1.70. The summed E-state index contributed by atoms with van der Waals surface area (Å²) in [6, 6.07) is 1.85. The maximum Gasteiger partial charge on any atom is 0.349 e. The van der Waals surface area contributed by atoms with Crippen molar-refractivity contribution in [1.82, 2.24) is 4.98 Å². The number of hydrogen-bond acceptors (Lipinski definition) is 3. The van der Waals surface area contributed by atoms with Gasteiger partial charge in [-0.3, -0.25) is 4.99 Å². The molecule has 1 atom stereocenters. The number of aromatic amines is 1. The molecule has 0 bridgehead atoms. The summed E-state index contributed by atoms with van der Waals surface area (Å²) in [5, 5.41) is 8.80. The van der Waals surface area contributed by atoms with Gasteiger partial charge in [0, 0.05) is 25.0 Å². The molecule has 0 radical (unpaired) electrons. The van der Waals surface area contributed by atoms with Crippen LogP contribution in [0.15, 0.2) is 17.3 Å². The highest BCUT2D eigenvalue weighted by Crippen LogP contribution is 2.21. The number of likely N-dealkylation sites (N-methyl/N-ethyl adjacent to an activating group) is 1. The first kappa shape index (κ1) is 7.85. The molecule has 1 aromatic rings. The molecular weight excluding hydrogens is 170 g/mol. The Bertz CT molecular complexity index is 369. The second-order valence-electron chi connectivity index (χ2n) is 2.88. The number of anilines is 1. The van der Waals surface area contributed by atoms with E-state index in [0.717, 1.165) is 11.4 Å². The van der Waals surface area contributed by atoms with Gasteiger partial charge >= 0.3 is 5.97 Å². The quantitative estimate of drug-likeness (QED) is 0.651. The lowest BCUT2D eigenvalue weighted by Gasteiger charge is -2.25. The molecule has 0 saturated carbocycles. The number of aliphatic imine (C=N–C) groups is 1. The highest BCUT2D eigenvalue weighted by molar-refractivity contribution is 5.93. The predicted octanol–water partition coefficient (Wildman–Crippen LogP) is 0.294. The molecule has 1 aliphatic heterocycles. The average Bonchev–Trinajstić information content (AvgIpc) is 2.52. The molecule has 1 aliphatic rings. The van der Waals surface area contributed by atoms with Gasteiger partial charge < -0.3 is 15.0 Å². The number of aromatic nitrogens is 1. The SMILES string of the molecule is CN1c2[nH]ccc2C=NC1C(=O)O. The van der Waals surface area contributed by atoms with Gasteiger partial charge in [0.1, 0.15) is 5.82 Å². The van der Waals surface area contributed by atoms with Crippen LogP contribution in [0.25, 0.3) is 0 Å². The number of rotatable bonds is 1. The van der Waals surface area contributed by atoms with E-state index in [4.69, 9.17) is 5.11 Å². The van der Waals surface area contributed by atoms with E-state index in [1.807, 2.05) is 6.07 Å². The van der Waals surface area contributed by atoms with E-state index < -0.39 is 12.1 Å². The zero-order valence-electron chi connectivity index (χ0n) is 7.06. The topological polar surface area (TPSA) is 68.7 Å². The maximum atomic E-state index is 10.7. The fourth-order valence-corrected chi connectivity index (χ4v) is 1.38. The molecule has 2 N–H and O–H groups in total. The molecule has 0 saturated heterocycles. The van der Waals surface area contributed by atoms with Crippen molar-refractivity contribution in [3.05, 3.63) is 17.8 Å². The molecule has 0 aromatic carbocycles. The molecule has 68 valence electrons. The molecule has 2 rings (SSSR count). The molecule has 0 aliphatic carbocycles. The van der Waals surface area contributed by atoms with Gasteiger partial charge in [-0.2, -0.15) is 0 Å². The van der Waals surface area contributed by atoms with E-state index in [1.54, 1.807) is 24.4 Å². The Morgan fingerprint density at radius 2 is 2.54 bits per heavy atom. The van der Waals surface area contributed by atoms with Crippen LogP contribution in [0.5, 0.6) is 0 Å². The molecule has 1 aromatic heterocycles. The number of aliphatic carboxylic acids is 1. The van der Waals surface area contributed by atoms with Crippen LogP contribution >= 0.6 is 0 Å². The zero-order chi connectivity index (χ0) is 9.42. The van der Waals surface area contributed by atoms with E-state index in [9.17, 15) is 4.79 Å². The fraction of sp³-hybridized carbons (Fsp3) is 0.250. The Morgan fingerprint density at radius 3 is 3.23 bits per heavy atom. The Kier molecular flexibility index (Phi) is 1.58. The third-order valence-corrected chi connectivity index (χ3v) is 2.05. The van der Waals surface area contributed by atoms with Crippen molar-refractivity contribution >= 4 is 18.0 Å². The lowest BCUT2D eigenvalue weighted by molar-refractivity contribution is -0.138. The minimum absolute atomic E-state index is 0.794. The minimum atomic E-state index is -0.945. The van der Waals surface area contributed by atoms with E-state index in [0.29, 0.717) is 0 Å². The number of carboxylic acid groups (broad SMARTS) is 1. The zero-order valence-corrected chi connectivity index (χ0v) is 7.06. The maximum absolute atomic E-state index is 10.7. The number of nitrogens with one attached hydrogen (secondary N) is 1. The lowest BCUT2D eigenvalue weighted by Crippen LogP contribution is -2.39. The Morgan fingerprint density at radius 1 is 1.77 bits per heavy atom. The standard InChI is InChI=1S/C8H9N3O2/c1-11-6-5(2-3-9-6)4-10-7(11)8(12)13/h2-4,7,9H,1H3,(H,12,13). The third-order valence-electron chi connectivity index (χ3n) is 2.05. The lowest BCUT2D eigenvalue weighted by atomic mass is 10.2. The van der Waals surface area contributed by atoms with Crippen molar-refractivity contribution < 1.29 is 9.90 Å². The van der Waals surface area contributed by atoms with E-state index in [1.165, 1.54) is 0 Å². The van der Waals surface area contributed by atoms with Gasteiger partial charge in [0.15, 0.2) is 0 Å². The third kappa shape index (κ3) is 1.09. The monoisotopic (exact) mass is 179 g/mol. The number of H-pyrrole nitrogens is 1. The summed E-state index contributed by atoms with van der Waals surface area (Å²) in [4.78, 5) is 19.2. The summed E-state index contributed by atoms with van der Waals surface area (Å²) in [5.74, 6) is -0.151. The van der Waals surface area contributed by atoms with Gasteiger partial charge in [0.05, 0.1) is 0 Å². The van der Waals surface area contributed by atoms with Gasteiger partial charge in [0.25, 0.3) is 0 Å². The second kappa shape index (κ2) is 2.62. The number of carboxylic acids is 1. The van der Waals surface area contributed by atoms with Crippen LogP contribution < -0.4 is 4.90 Å². The summed E-state index contributed by atoms with van der Waals surface area (Å²) in [6.07, 6.45) is 2.52. The Labute approximate surface area is 74.7 Å². The van der Waals surface area contributed by atoms with Gasteiger partial charge in [-0.05, 0) is 6.07 Å². The summed E-state index contributed by atoms with van der Waals surface area (Å²) < 4.78 is 0. The largest absolute Gasteiger partial charge is 0.478 e. The van der Waals surface area contributed by atoms with E-state index in [2.05, 4.69) is 9.98 Å². The molecule has 13 heavy (non-hydrogen) atoms. The van der Waals surface area contributed by atoms with Crippen molar-refractivity contribution in [3.8, 4) is 0 Å². The molecule has 1 unspecified atom stereocenters.